The van der Waals surface area contributed by atoms with Crippen LogP contribution in [0, 0.1) is 0 Å². The second-order valence-electron chi connectivity index (χ2n) is 4.64. The summed E-state index contributed by atoms with van der Waals surface area (Å²) < 4.78 is 1.84. The first kappa shape index (κ1) is 14.3. The molecule has 0 bridgehead atoms. The molecule has 2 rings (SSSR count). The van der Waals surface area contributed by atoms with Crippen LogP contribution in [-0.4, -0.2) is 53.6 Å². The van der Waals surface area contributed by atoms with Gasteiger partial charge >= 0.3 is 0 Å². The molecule has 3 unspecified atom stereocenters. The third kappa shape index (κ3) is 3.92. The molecule has 2 aliphatic heterocycles. The van der Waals surface area contributed by atoms with Crippen LogP contribution in [0.5, 0.6) is 0 Å². The number of likely N-dealkylation sites (tertiary alicyclic amines) is 1. The molecule has 4 nitrogen and oxygen atoms in total. The topological polar surface area (TPSA) is 27.7 Å². The normalized spacial score (nSPS) is 33.4. The summed E-state index contributed by atoms with van der Waals surface area (Å²) in [4.78, 5) is 8.16. The van der Waals surface area contributed by atoms with E-state index in [1.807, 2.05) is 11.5 Å². The lowest BCUT2D eigenvalue weighted by molar-refractivity contribution is -0.0706. The lowest BCUT2D eigenvalue weighted by Gasteiger charge is -2.25. The SMILES string of the molecule is CNC1CCN(C(S)CC2CCN(SS)O2)C1. The molecule has 0 spiro atoms. The first-order valence-corrected chi connectivity index (χ1v) is 8.42. The molecule has 0 aromatic carbocycles. The van der Waals surface area contributed by atoms with Crippen LogP contribution < -0.4 is 5.32 Å². The molecule has 2 heterocycles. The van der Waals surface area contributed by atoms with Crippen molar-refractivity contribution in [1.82, 2.24) is 14.7 Å². The van der Waals surface area contributed by atoms with E-state index < -0.39 is 0 Å². The van der Waals surface area contributed by atoms with Crippen molar-refractivity contribution in [2.75, 3.05) is 26.7 Å². The van der Waals surface area contributed by atoms with Gasteiger partial charge in [0.05, 0.1) is 11.5 Å². The van der Waals surface area contributed by atoms with E-state index in [0.717, 1.165) is 32.5 Å². The summed E-state index contributed by atoms with van der Waals surface area (Å²) in [5.74, 6) is 0. The Hall–Kier alpha value is 0.890. The fourth-order valence-corrected chi connectivity index (χ4v) is 3.57. The third-order valence-electron chi connectivity index (χ3n) is 3.51. The quantitative estimate of drug-likeness (QED) is 0.405. The van der Waals surface area contributed by atoms with Crippen LogP contribution in [0.15, 0.2) is 0 Å². The van der Waals surface area contributed by atoms with Crippen LogP contribution in [0.1, 0.15) is 19.3 Å². The minimum atomic E-state index is 0.297. The molecule has 7 heteroatoms. The second-order valence-corrected chi connectivity index (χ2v) is 6.30. The van der Waals surface area contributed by atoms with Gasteiger partial charge in [0.2, 0.25) is 0 Å². The largest absolute Gasteiger partial charge is 0.316 e. The highest BCUT2D eigenvalue weighted by atomic mass is 33.1. The molecule has 2 aliphatic rings. The maximum atomic E-state index is 5.72. The molecule has 0 aromatic heterocycles. The van der Waals surface area contributed by atoms with Crippen molar-refractivity contribution in [3.63, 3.8) is 0 Å². The van der Waals surface area contributed by atoms with E-state index in [0.29, 0.717) is 17.5 Å². The summed E-state index contributed by atoms with van der Waals surface area (Å²) in [5, 5.41) is 3.64. The van der Waals surface area contributed by atoms with E-state index in [4.69, 9.17) is 17.5 Å². The van der Waals surface area contributed by atoms with Crippen LogP contribution in [-0.2, 0) is 4.84 Å². The standard InChI is InChI=1S/C10H21N3OS3/c1-11-8-2-4-12(7-8)10(15)6-9-3-5-13(14-9)17-16/h8-11,15-16H,2-7H2,1H3. The van der Waals surface area contributed by atoms with Gasteiger partial charge in [-0.15, -0.1) is 4.47 Å². The van der Waals surface area contributed by atoms with E-state index >= 15 is 0 Å². The van der Waals surface area contributed by atoms with Crippen LogP contribution >= 0.6 is 35.3 Å². The molecule has 2 saturated heterocycles. The number of hydrogen-bond donors (Lipinski definition) is 3. The number of thiol groups is 2. The van der Waals surface area contributed by atoms with Crippen LogP contribution in [0.3, 0.4) is 0 Å². The molecule has 1 N–H and O–H groups in total. The second kappa shape index (κ2) is 6.88. The van der Waals surface area contributed by atoms with Gasteiger partial charge in [-0.05, 0) is 19.9 Å². The zero-order chi connectivity index (χ0) is 12.3. The summed E-state index contributed by atoms with van der Waals surface area (Å²) in [6.07, 6.45) is 3.58. The summed E-state index contributed by atoms with van der Waals surface area (Å²) in [6, 6.07) is 0.624. The van der Waals surface area contributed by atoms with Crippen molar-refractivity contribution in [3.8, 4) is 0 Å². The maximum absolute atomic E-state index is 5.72. The van der Waals surface area contributed by atoms with E-state index in [1.165, 1.54) is 17.4 Å². The lowest BCUT2D eigenvalue weighted by atomic mass is 10.2. The minimum absolute atomic E-state index is 0.297. The molecule has 3 atom stereocenters. The molecule has 0 aliphatic carbocycles. The number of hydrogen-bond acceptors (Lipinski definition) is 7. The number of nitrogens with zero attached hydrogens (tertiary/aromatic N) is 2. The highest BCUT2D eigenvalue weighted by Crippen LogP contribution is 2.28. The van der Waals surface area contributed by atoms with Crippen LogP contribution in [0.2, 0.25) is 0 Å². The van der Waals surface area contributed by atoms with E-state index in [1.54, 1.807) is 0 Å². The van der Waals surface area contributed by atoms with Crippen molar-refractivity contribution < 1.29 is 4.84 Å². The summed E-state index contributed by atoms with van der Waals surface area (Å²) in [5.41, 5.74) is 0. The van der Waals surface area contributed by atoms with E-state index in [9.17, 15) is 0 Å². The van der Waals surface area contributed by atoms with Gasteiger partial charge in [0.1, 0.15) is 0 Å². The predicted molar refractivity (Wildman–Crippen MR) is 79.2 cm³/mol. The van der Waals surface area contributed by atoms with E-state index in [-0.39, 0.29) is 0 Å². The number of rotatable bonds is 5. The fourth-order valence-electron chi connectivity index (χ4n) is 2.42. The Morgan fingerprint density at radius 3 is 2.88 bits per heavy atom. The number of nitrogens with one attached hydrogen (secondary N) is 1. The first-order chi connectivity index (χ1) is 8.22. The van der Waals surface area contributed by atoms with Gasteiger partial charge in [0.15, 0.2) is 0 Å². The van der Waals surface area contributed by atoms with Gasteiger partial charge in [-0.3, -0.25) is 9.74 Å². The first-order valence-electron chi connectivity index (χ1n) is 6.08. The Kier molecular flexibility index (Phi) is 5.79. The van der Waals surface area contributed by atoms with Crippen molar-refractivity contribution in [1.29, 1.82) is 0 Å². The Morgan fingerprint density at radius 1 is 1.47 bits per heavy atom. The monoisotopic (exact) mass is 295 g/mol. The molecule has 0 aromatic rings. The maximum Gasteiger partial charge on any atom is 0.0841 e. The van der Waals surface area contributed by atoms with Gasteiger partial charge in [0.25, 0.3) is 0 Å². The fraction of sp³-hybridized carbons (Fsp3) is 1.00. The number of likely N-dealkylation sites (N-methyl/N-ethyl adjacent to an activating group) is 1. The molecule has 2 fully saturated rings. The highest BCUT2D eigenvalue weighted by Gasteiger charge is 2.30. The molecular weight excluding hydrogens is 274 g/mol. The summed E-state index contributed by atoms with van der Waals surface area (Å²) in [7, 11) is 3.39. The summed E-state index contributed by atoms with van der Waals surface area (Å²) >= 11 is 8.85. The molecule has 0 saturated carbocycles. The Bertz CT molecular complexity index is 247. The molecular formula is C10H21N3OS3. The van der Waals surface area contributed by atoms with Crippen molar-refractivity contribution in [3.05, 3.63) is 0 Å². The third-order valence-corrected chi connectivity index (χ3v) is 5.05. The average molecular weight is 295 g/mol. The van der Waals surface area contributed by atoms with Crippen molar-refractivity contribution in [2.24, 2.45) is 0 Å². The van der Waals surface area contributed by atoms with Gasteiger partial charge < -0.3 is 5.32 Å². The van der Waals surface area contributed by atoms with Crippen molar-refractivity contribution >= 4 is 35.3 Å². The minimum Gasteiger partial charge on any atom is -0.316 e. The van der Waals surface area contributed by atoms with Gasteiger partial charge in [0, 0.05) is 43.1 Å². The molecule has 0 amide bonds. The highest BCUT2D eigenvalue weighted by molar-refractivity contribution is 8.67. The van der Waals surface area contributed by atoms with Gasteiger partial charge in [-0.2, -0.15) is 12.6 Å². The van der Waals surface area contributed by atoms with Crippen molar-refractivity contribution in [2.45, 2.75) is 36.8 Å². The van der Waals surface area contributed by atoms with Gasteiger partial charge in [-0.25, -0.2) is 0 Å². The predicted octanol–water partition coefficient (Wildman–Crippen LogP) is 1.43. The molecule has 100 valence electrons. The molecule has 17 heavy (non-hydrogen) atoms. The van der Waals surface area contributed by atoms with Crippen LogP contribution in [0.4, 0.5) is 0 Å². The Balaban J connectivity index is 1.72. The zero-order valence-electron chi connectivity index (χ0n) is 10.1. The zero-order valence-corrected chi connectivity index (χ0v) is 12.7. The Morgan fingerprint density at radius 2 is 2.29 bits per heavy atom. The number of hydroxylamine groups is 1. The Labute approximate surface area is 118 Å². The average Bonchev–Trinajstić information content (AvgIpc) is 2.96. The summed E-state index contributed by atoms with van der Waals surface area (Å²) in [6.45, 7) is 3.19. The van der Waals surface area contributed by atoms with E-state index in [2.05, 4.69) is 21.9 Å². The lowest BCUT2D eigenvalue weighted by Crippen LogP contribution is -2.35. The van der Waals surface area contributed by atoms with Gasteiger partial charge in [-0.1, -0.05) is 11.7 Å². The van der Waals surface area contributed by atoms with Crippen LogP contribution in [0.25, 0.3) is 0 Å². The smallest absolute Gasteiger partial charge is 0.0841 e. The molecule has 0 radical (unpaired) electrons.